The van der Waals surface area contributed by atoms with Crippen molar-refractivity contribution in [2.75, 3.05) is 17.5 Å². The molecule has 0 aromatic heterocycles. The number of para-hydroxylation sites is 1. The van der Waals surface area contributed by atoms with E-state index in [1.54, 1.807) is 6.07 Å². The van der Waals surface area contributed by atoms with Gasteiger partial charge in [-0.2, -0.15) is 0 Å². The van der Waals surface area contributed by atoms with Crippen LogP contribution in [0.3, 0.4) is 0 Å². The third kappa shape index (κ3) is 5.12. The minimum Gasteiger partial charge on any atom is -0.452 e. The van der Waals surface area contributed by atoms with Crippen molar-refractivity contribution in [3.63, 3.8) is 0 Å². The van der Waals surface area contributed by atoms with Crippen LogP contribution in [-0.4, -0.2) is 39.5 Å². The number of nitrogens with zero attached hydrogens (tertiary/aromatic N) is 1. The highest BCUT2D eigenvalue weighted by Gasteiger charge is 2.30. The van der Waals surface area contributed by atoms with Crippen LogP contribution in [0.25, 0.3) is 0 Å². The van der Waals surface area contributed by atoms with Gasteiger partial charge < -0.3 is 10.1 Å². The average molecular weight is 485 g/mol. The molecule has 34 heavy (non-hydrogen) atoms. The number of esters is 1. The molecule has 8 heteroatoms. The highest BCUT2D eigenvalue weighted by Crippen LogP contribution is 2.32. The van der Waals surface area contributed by atoms with Crippen LogP contribution in [0.15, 0.2) is 53.4 Å². The molecule has 1 N–H and O–H groups in total. The van der Waals surface area contributed by atoms with Crippen LogP contribution >= 0.6 is 0 Å². The number of rotatable bonds is 6. The molecule has 2 aliphatic rings. The largest absolute Gasteiger partial charge is 0.452 e. The van der Waals surface area contributed by atoms with Crippen LogP contribution in [0.1, 0.15) is 55.5 Å². The lowest BCUT2D eigenvalue weighted by Crippen LogP contribution is -2.45. The Kier molecular flexibility index (Phi) is 7.26. The lowest BCUT2D eigenvalue weighted by atomic mass is 9.78. The Morgan fingerprint density at radius 2 is 1.85 bits per heavy atom. The predicted molar refractivity (Wildman–Crippen MR) is 130 cm³/mol. The number of anilines is 1. The maximum Gasteiger partial charge on any atom is 0.338 e. The van der Waals surface area contributed by atoms with Crippen LogP contribution in [0, 0.1) is 11.8 Å². The molecular weight excluding hydrogens is 452 g/mol. The summed E-state index contributed by atoms with van der Waals surface area (Å²) < 4.78 is 33.4. The van der Waals surface area contributed by atoms with E-state index in [4.69, 9.17) is 4.74 Å². The third-order valence-electron chi connectivity index (χ3n) is 7.11. The molecule has 2 aromatic rings. The Morgan fingerprint density at radius 1 is 1.06 bits per heavy atom. The van der Waals surface area contributed by atoms with Gasteiger partial charge in [0.15, 0.2) is 6.61 Å². The third-order valence-corrected chi connectivity index (χ3v) is 8.92. The predicted octanol–water partition coefficient (Wildman–Crippen LogP) is 3.93. The summed E-state index contributed by atoms with van der Waals surface area (Å²) in [6.07, 6.45) is 4.70. The summed E-state index contributed by atoms with van der Waals surface area (Å²) in [6.45, 7) is 4.30. The van der Waals surface area contributed by atoms with Crippen molar-refractivity contribution in [1.29, 1.82) is 0 Å². The fourth-order valence-electron chi connectivity index (χ4n) is 4.91. The number of hydrogen-bond acceptors (Lipinski definition) is 5. The van der Waals surface area contributed by atoms with Crippen molar-refractivity contribution in [3.05, 3.63) is 59.7 Å². The Morgan fingerprint density at radius 3 is 2.68 bits per heavy atom. The zero-order valence-corrected chi connectivity index (χ0v) is 20.5. The van der Waals surface area contributed by atoms with E-state index in [0.717, 1.165) is 37.7 Å². The first-order chi connectivity index (χ1) is 16.3. The van der Waals surface area contributed by atoms with Crippen molar-refractivity contribution in [1.82, 2.24) is 5.32 Å². The number of hydrogen-bond donors (Lipinski definition) is 1. The fraction of sp³-hybridized carbons (Fsp3) is 0.462. The van der Waals surface area contributed by atoms with E-state index in [9.17, 15) is 18.0 Å². The number of benzene rings is 2. The molecule has 1 aliphatic carbocycles. The molecule has 1 amide bonds. The van der Waals surface area contributed by atoms with Gasteiger partial charge in [-0.3, -0.25) is 9.10 Å². The SMILES string of the molecule is CC1CCCC(NC(=O)COC(=O)c2cccc(S(=O)(=O)N3CCCc4ccccc43)c2)C1C. The minimum atomic E-state index is -3.85. The van der Waals surface area contributed by atoms with Crippen LogP contribution in [0.4, 0.5) is 5.69 Å². The lowest BCUT2D eigenvalue weighted by molar-refractivity contribution is -0.125. The number of sulfonamides is 1. The molecule has 0 radical (unpaired) electrons. The number of carbonyl (C=O) groups excluding carboxylic acids is 2. The smallest absolute Gasteiger partial charge is 0.338 e. The Hall–Kier alpha value is -2.87. The Bertz CT molecular complexity index is 1160. The molecule has 1 aliphatic heterocycles. The summed E-state index contributed by atoms with van der Waals surface area (Å²) in [4.78, 5) is 25.0. The summed E-state index contributed by atoms with van der Waals surface area (Å²) in [7, 11) is -3.85. The summed E-state index contributed by atoms with van der Waals surface area (Å²) in [5.41, 5.74) is 1.75. The molecule has 7 nitrogen and oxygen atoms in total. The Balaban J connectivity index is 1.42. The molecule has 0 spiro atoms. The normalized spacial score (nSPS) is 22.5. The first-order valence-corrected chi connectivity index (χ1v) is 13.4. The summed E-state index contributed by atoms with van der Waals surface area (Å²) >= 11 is 0. The number of aryl methyl sites for hydroxylation is 1. The molecule has 0 saturated heterocycles. The Labute approximate surface area is 201 Å². The van der Waals surface area contributed by atoms with Crippen molar-refractivity contribution in [2.45, 2.75) is 56.9 Å². The molecule has 1 heterocycles. The van der Waals surface area contributed by atoms with E-state index >= 15 is 0 Å². The topological polar surface area (TPSA) is 92.8 Å². The van der Waals surface area contributed by atoms with Crippen LogP contribution in [0.2, 0.25) is 0 Å². The molecule has 0 bridgehead atoms. The molecule has 3 atom stereocenters. The van der Waals surface area contributed by atoms with E-state index < -0.39 is 22.6 Å². The number of carbonyl (C=O) groups is 2. The maximum atomic E-state index is 13.4. The monoisotopic (exact) mass is 484 g/mol. The van der Waals surface area contributed by atoms with Gasteiger partial charge in [0, 0.05) is 12.6 Å². The zero-order chi connectivity index (χ0) is 24.3. The van der Waals surface area contributed by atoms with E-state index in [1.165, 1.54) is 28.6 Å². The molecule has 3 unspecified atom stereocenters. The number of nitrogens with one attached hydrogen (secondary N) is 1. The van der Waals surface area contributed by atoms with Gasteiger partial charge in [0.2, 0.25) is 0 Å². The summed E-state index contributed by atoms with van der Waals surface area (Å²) in [5, 5.41) is 2.98. The van der Waals surface area contributed by atoms with E-state index in [-0.39, 0.29) is 22.4 Å². The van der Waals surface area contributed by atoms with Gasteiger partial charge in [0.1, 0.15) is 0 Å². The van der Waals surface area contributed by atoms with Gasteiger partial charge >= 0.3 is 5.97 Å². The number of ether oxygens (including phenoxy) is 1. The first kappa shape index (κ1) is 24.3. The maximum absolute atomic E-state index is 13.4. The zero-order valence-electron chi connectivity index (χ0n) is 19.7. The highest BCUT2D eigenvalue weighted by molar-refractivity contribution is 7.92. The molecule has 182 valence electrons. The number of fused-ring (bicyclic) bond motifs is 1. The van der Waals surface area contributed by atoms with E-state index in [1.807, 2.05) is 18.2 Å². The summed E-state index contributed by atoms with van der Waals surface area (Å²) in [5.74, 6) is -0.155. The van der Waals surface area contributed by atoms with Gasteiger partial charge in [0.05, 0.1) is 16.1 Å². The average Bonchev–Trinajstić information content (AvgIpc) is 2.85. The standard InChI is InChI=1S/C26H32N2O5S/c1-18-8-5-13-23(19(18)2)27-25(29)17-33-26(30)21-10-6-12-22(16-21)34(31,32)28-15-7-11-20-9-3-4-14-24(20)28/h3-4,6,9-10,12,14,16,18-19,23H,5,7-8,11,13,15,17H2,1-2H3,(H,27,29). The molecule has 2 aromatic carbocycles. The van der Waals surface area contributed by atoms with Crippen molar-refractivity contribution in [3.8, 4) is 0 Å². The second-order valence-corrected chi connectivity index (χ2v) is 11.2. The minimum absolute atomic E-state index is 0.0214. The van der Waals surface area contributed by atoms with Gasteiger partial charge in [-0.25, -0.2) is 13.2 Å². The molecular formula is C26H32N2O5S. The van der Waals surface area contributed by atoms with Crippen molar-refractivity contribution < 1.29 is 22.7 Å². The van der Waals surface area contributed by atoms with Crippen LogP contribution in [-0.2, 0) is 26.0 Å². The fourth-order valence-corrected chi connectivity index (χ4v) is 6.50. The first-order valence-electron chi connectivity index (χ1n) is 11.9. The lowest BCUT2D eigenvalue weighted by Gasteiger charge is -2.34. The molecule has 4 rings (SSSR count). The van der Waals surface area contributed by atoms with E-state index in [2.05, 4.69) is 19.2 Å². The van der Waals surface area contributed by atoms with Crippen LogP contribution in [0.5, 0.6) is 0 Å². The van der Waals surface area contributed by atoms with Gasteiger partial charge in [-0.05, 0) is 60.9 Å². The van der Waals surface area contributed by atoms with Crippen molar-refractivity contribution >= 4 is 27.6 Å². The van der Waals surface area contributed by atoms with Crippen molar-refractivity contribution in [2.24, 2.45) is 11.8 Å². The van der Waals surface area contributed by atoms with Crippen LogP contribution < -0.4 is 9.62 Å². The van der Waals surface area contributed by atoms with E-state index in [0.29, 0.717) is 24.1 Å². The summed E-state index contributed by atoms with van der Waals surface area (Å²) in [6, 6.07) is 13.3. The van der Waals surface area contributed by atoms with Gasteiger partial charge in [-0.1, -0.05) is 51.0 Å². The second-order valence-electron chi connectivity index (χ2n) is 9.35. The van der Waals surface area contributed by atoms with Gasteiger partial charge in [-0.15, -0.1) is 0 Å². The second kappa shape index (κ2) is 10.2. The molecule has 1 saturated carbocycles. The highest BCUT2D eigenvalue weighted by atomic mass is 32.2. The molecule has 1 fully saturated rings. The quantitative estimate of drug-likeness (QED) is 0.627. The number of amides is 1. The van der Waals surface area contributed by atoms with Gasteiger partial charge in [0.25, 0.3) is 15.9 Å².